The average Bonchev–Trinajstić information content (AvgIpc) is 3.38. The first-order chi connectivity index (χ1) is 14.7. The van der Waals surface area contributed by atoms with Gasteiger partial charge in [-0.1, -0.05) is 91.0 Å². The summed E-state index contributed by atoms with van der Waals surface area (Å²) < 4.78 is 6.62. The summed E-state index contributed by atoms with van der Waals surface area (Å²) in [5.41, 5.74) is 8.82. The van der Waals surface area contributed by atoms with Crippen LogP contribution in [0.25, 0.3) is 34.4 Å². The summed E-state index contributed by atoms with van der Waals surface area (Å²) in [7, 11) is 0. The fourth-order valence-electron chi connectivity index (χ4n) is 5.44. The maximum Gasteiger partial charge on any atom is 0.134 e. The Hall–Kier alpha value is -3.29. The van der Waals surface area contributed by atoms with Crippen molar-refractivity contribution in [1.29, 1.82) is 0 Å². The van der Waals surface area contributed by atoms with Crippen LogP contribution >= 0.6 is 11.6 Å². The van der Waals surface area contributed by atoms with Crippen LogP contribution in [0, 0.1) is 0 Å². The van der Waals surface area contributed by atoms with Crippen LogP contribution in [0.3, 0.4) is 0 Å². The van der Waals surface area contributed by atoms with E-state index < -0.39 is 5.41 Å². The standard InChI is InChI=1S/C28H19ClO/c1-3-10-19-24(4-2)30-27-25(19)26-22(15-9-16-23(26)29)28(27)20-13-7-5-11-17(20)18-12-6-8-14-21(18)28/h3-16H,2H2,1H3/b10-3-. The second-order valence-electron chi connectivity index (χ2n) is 7.79. The summed E-state index contributed by atoms with van der Waals surface area (Å²) in [5.74, 6) is 1.72. The van der Waals surface area contributed by atoms with Gasteiger partial charge in [0.15, 0.2) is 0 Å². The summed E-state index contributed by atoms with van der Waals surface area (Å²) in [5, 5.41) is 0.745. The van der Waals surface area contributed by atoms with Gasteiger partial charge in [-0.15, -0.1) is 0 Å². The molecule has 144 valence electrons. The Balaban J connectivity index is 1.88. The summed E-state index contributed by atoms with van der Waals surface area (Å²) >= 11 is 6.85. The van der Waals surface area contributed by atoms with E-state index in [4.69, 9.17) is 16.0 Å². The third kappa shape index (κ3) is 1.89. The molecule has 0 saturated heterocycles. The van der Waals surface area contributed by atoms with Gasteiger partial charge < -0.3 is 4.42 Å². The van der Waals surface area contributed by atoms with Crippen molar-refractivity contribution in [3.05, 3.63) is 118 Å². The van der Waals surface area contributed by atoms with Crippen molar-refractivity contribution in [3.63, 3.8) is 0 Å². The van der Waals surface area contributed by atoms with Crippen LogP contribution in [-0.2, 0) is 5.41 Å². The zero-order valence-corrected chi connectivity index (χ0v) is 17.3. The molecule has 2 aliphatic rings. The second-order valence-corrected chi connectivity index (χ2v) is 8.20. The van der Waals surface area contributed by atoms with Crippen molar-refractivity contribution >= 4 is 23.8 Å². The number of rotatable bonds is 2. The van der Waals surface area contributed by atoms with E-state index in [9.17, 15) is 0 Å². The minimum Gasteiger partial charge on any atom is -0.459 e. The highest BCUT2D eigenvalue weighted by atomic mass is 35.5. The van der Waals surface area contributed by atoms with Crippen LogP contribution in [0.2, 0.25) is 5.02 Å². The molecule has 0 amide bonds. The Kier molecular flexibility index (Phi) is 3.57. The number of allylic oxidation sites excluding steroid dienone is 1. The van der Waals surface area contributed by atoms with Crippen LogP contribution in [0.4, 0.5) is 0 Å². The van der Waals surface area contributed by atoms with Crippen molar-refractivity contribution in [2.45, 2.75) is 12.3 Å². The maximum atomic E-state index is 6.85. The molecule has 0 bridgehead atoms. The van der Waals surface area contributed by atoms with Crippen LogP contribution < -0.4 is 0 Å². The Labute approximate surface area is 180 Å². The summed E-state index contributed by atoms with van der Waals surface area (Å²) in [4.78, 5) is 0. The van der Waals surface area contributed by atoms with Gasteiger partial charge in [-0.05, 0) is 46.9 Å². The molecule has 2 aliphatic carbocycles. The molecule has 1 aromatic heterocycles. The number of furan rings is 1. The lowest BCUT2D eigenvalue weighted by Crippen LogP contribution is -2.25. The minimum atomic E-state index is -0.514. The van der Waals surface area contributed by atoms with Gasteiger partial charge in [-0.2, -0.15) is 0 Å². The zero-order valence-electron chi connectivity index (χ0n) is 16.6. The van der Waals surface area contributed by atoms with Crippen molar-refractivity contribution in [2.24, 2.45) is 0 Å². The average molecular weight is 407 g/mol. The van der Waals surface area contributed by atoms with Crippen molar-refractivity contribution in [3.8, 4) is 22.3 Å². The summed E-state index contributed by atoms with van der Waals surface area (Å²) in [6, 6.07) is 23.5. The van der Waals surface area contributed by atoms with Gasteiger partial charge in [0.05, 0.1) is 0 Å². The SMILES string of the molecule is C=Cc1oc2c(c1/C=C\C)-c1c(Cl)cccc1C21c2ccccc2-c2ccccc21. The number of fused-ring (bicyclic) bond motifs is 10. The highest BCUT2D eigenvalue weighted by Crippen LogP contribution is 2.65. The lowest BCUT2D eigenvalue weighted by molar-refractivity contribution is 0.467. The summed E-state index contributed by atoms with van der Waals surface area (Å²) in [6.45, 7) is 6.03. The van der Waals surface area contributed by atoms with Crippen molar-refractivity contribution < 1.29 is 4.42 Å². The van der Waals surface area contributed by atoms with E-state index in [1.54, 1.807) is 6.08 Å². The van der Waals surface area contributed by atoms with Gasteiger partial charge >= 0.3 is 0 Å². The molecule has 0 fully saturated rings. The van der Waals surface area contributed by atoms with Crippen LogP contribution in [0.5, 0.6) is 0 Å². The molecule has 0 atom stereocenters. The lowest BCUT2D eigenvalue weighted by Gasteiger charge is -2.28. The molecule has 1 spiro atoms. The Morgan fingerprint density at radius 1 is 0.833 bits per heavy atom. The fraction of sp³-hybridized carbons (Fsp3) is 0.0714. The largest absolute Gasteiger partial charge is 0.459 e. The Morgan fingerprint density at radius 3 is 2.10 bits per heavy atom. The predicted molar refractivity (Wildman–Crippen MR) is 125 cm³/mol. The van der Waals surface area contributed by atoms with E-state index in [1.165, 1.54) is 27.8 Å². The van der Waals surface area contributed by atoms with E-state index in [2.05, 4.69) is 67.3 Å². The molecule has 0 saturated carbocycles. The number of benzene rings is 3. The second kappa shape index (κ2) is 6.10. The van der Waals surface area contributed by atoms with Gasteiger partial charge in [-0.3, -0.25) is 0 Å². The smallest absolute Gasteiger partial charge is 0.134 e. The van der Waals surface area contributed by atoms with E-state index >= 15 is 0 Å². The first-order valence-corrected chi connectivity index (χ1v) is 10.5. The van der Waals surface area contributed by atoms with E-state index in [1.807, 2.05) is 25.1 Å². The molecule has 1 heterocycles. The van der Waals surface area contributed by atoms with E-state index in [-0.39, 0.29) is 0 Å². The van der Waals surface area contributed by atoms with Crippen LogP contribution in [-0.4, -0.2) is 0 Å². The van der Waals surface area contributed by atoms with Crippen molar-refractivity contribution in [2.75, 3.05) is 0 Å². The molecule has 0 radical (unpaired) electrons. The number of halogens is 1. The van der Waals surface area contributed by atoms with Gasteiger partial charge in [0.25, 0.3) is 0 Å². The Morgan fingerprint density at radius 2 is 1.47 bits per heavy atom. The lowest BCUT2D eigenvalue weighted by atomic mass is 9.73. The molecule has 1 nitrogen and oxygen atoms in total. The topological polar surface area (TPSA) is 13.1 Å². The molecule has 0 aliphatic heterocycles. The predicted octanol–water partition coefficient (Wildman–Crippen LogP) is 7.95. The first kappa shape index (κ1) is 17.6. The quantitative estimate of drug-likeness (QED) is 0.284. The Bertz CT molecular complexity index is 1340. The van der Waals surface area contributed by atoms with Gasteiger partial charge in [0.2, 0.25) is 0 Å². The third-order valence-corrected chi connectivity index (χ3v) is 6.77. The molecule has 3 aromatic carbocycles. The highest BCUT2D eigenvalue weighted by Gasteiger charge is 2.55. The molecular weight excluding hydrogens is 388 g/mol. The number of hydrogen-bond acceptors (Lipinski definition) is 1. The summed E-state index contributed by atoms with van der Waals surface area (Å²) in [6.07, 6.45) is 5.93. The van der Waals surface area contributed by atoms with Gasteiger partial charge in [0.1, 0.15) is 16.9 Å². The number of hydrogen-bond donors (Lipinski definition) is 0. The zero-order chi connectivity index (χ0) is 20.5. The molecule has 2 heteroatoms. The molecule has 0 unspecified atom stereocenters. The third-order valence-electron chi connectivity index (χ3n) is 6.45. The molecular formula is C28H19ClO. The fourth-order valence-corrected chi connectivity index (χ4v) is 5.71. The van der Waals surface area contributed by atoms with Gasteiger partial charge in [0, 0.05) is 21.7 Å². The highest BCUT2D eigenvalue weighted by molar-refractivity contribution is 6.34. The van der Waals surface area contributed by atoms with Crippen LogP contribution in [0.15, 0.2) is 83.8 Å². The van der Waals surface area contributed by atoms with Crippen LogP contribution in [0.1, 0.15) is 40.7 Å². The van der Waals surface area contributed by atoms with E-state index in [0.29, 0.717) is 0 Å². The van der Waals surface area contributed by atoms with Gasteiger partial charge in [-0.25, -0.2) is 0 Å². The first-order valence-electron chi connectivity index (χ1n) is 10.1. The van der Waals surface area contributed by atoms with Crippen molar-refractivity contribution in [1.82, 2.24) is 0 Å². The minimum absolute atomic E-state index is 0.514. The normalized spacial score (nSPS) is 14.6. The molecule has 30 heavy (non-hydrogen) atoms. The van der Waals surface area contributed by atoms with E-state index in [0.717, 1.165) is 33.2 Å². The maximum absolute atomic E-state index is 6.85. The molecule has 0 N–H and O–H groups in total. The monoisotopic (exact) mass is 406 g/mol. The molecule has 4 aromatic rings. The molecule has 6 rings (SSSR count).